The first kappa shape index (κ1) is 20.1. The predicted molar refractivity (Wildman–Crippen MR) is 104 cm³/mol. The lowest BCUT2D eigenvalue weighted by molar-refractivity contribution is 0.0726. The Morgan fingerprint density at radius 2 is 1.57 bits per heavy atom. The van der Waals surface area contributed by atoms with E-state index in [0.29, 0.717) is 11.5 Å². The number of carbonyl (C=O) groups excluding carboxylic acids is 1. The highest BCUT2D eigenvalue weighted by atomic mass is 19.2. The van der Waals surface area contributed by atoms with Gasteiger partial charge in [0.05, 0.1) is 11.8 Å². The third-order valence-corrected chi connectivity index (χ3v) is 5.18. The van der Waals surface area contributed by atoms with Gasteiger partial charge in [-0.3, -0.25) is 0 Å². The molecule has 0 heterocycles. The van der Waals surface area contributed by atoms with E-state index in [1.54, 1.807) is 25.1 Å². The molecule has 0 bridgehead atoms. The average Bonchev–Trinajstić information content (AvgIpc) is 2.71. The molecule has 1 aliphatic carbocycles. The Balaban J connectivity index is 1.68. The molecule has 5 heteroatoms. The lowest BCUT2D eigenvalue weighted by Gasteiger charge is -2.26. The minimum atomic E-state index is -1.26. The topological polar surface area (TPSA) is 35.5 Å². The Labute approximate surface area is 164 Å². The van der Waals surface area contributed by atoms with Crippen LogP contribution in [0.2, 0.25) is 0 Å². The number of hydrogen-bond donors (Lipinski definition) is 0. The van der Waals surface area contributed by atoms with Gasteiger partial charge in [0, 0.05) is 0 Å². The first-order valence-electron chi connectivity index (χ1n) is 9.57. The van der Waals surface area contributed by atoms with Gasteiger partial charge in [0.1, 0.15) is 0 Å². The van der Waals surface area contributed by atoms with E-state index in [0.717, 1.165) is 18.8 Å². The van der Waals surface area contributed by atoms with Gasteiger partial charge in [0.25, 0.3) is 0 Å². The van der Waals surface area contributed by atoms with E-state index in [4.69, 9.17) is 9.47 Å². The molecule has 2 aromatic rings. The Morgan fingerprint density at radius 3 is 2.21 bits per heavy atom. The van der Waals surface area contributed by atoms with Crippen LogP contribution < -0.4 is 9.47 Å². The molecule has 0 N–H and O–H groups in total. The van der Waals surface area contributed by atoms with Crippen LogP contribution >= 0.6 is 0 Å². The number of esters is 1. The minimum Gasteiger partial charge on any atom is -0.462 e. The molecule has 1 saturated carbocycles. The second-order valence-electron chi connectivity index (χ2n) is 7.25. The number of benzene rings is 2. The van der Waals surface area contributed by atoms with Gasteiger partial charge in [-0.25, -0.2) is 4.79 Å². The van der Waals surface area contributed by atoms with Crippen LogP contribution in [0.25, 0.3) is 0 Å². The van der Waals surface area contributed by atoms with E-state index in [2.05, 4.69) is 6.92 Å². The number of allylic oxidation sites excluding steroid dienone is 1. The van der Waals surface area contributed by atoms with Gasteiger partial charge in [-0.15, -0.1) is 0 Å². The molecular formula is C23H24F2O3. The highest BCUT2D eigenvalue weighted by molar-refractivity contribution is 5.91. The maximum absolute atomic E-state index is 14.1. The Bertz CT molecular complexity index is 851. The van der Waals surface area contributed by atoms with Gasteiger partial charge < -0.3 is 9.47 Å². The van der Waals surface area contributed by atoms with Crippen LogP contribution in [0.4, 0.5) is 8.78 Å². The van der Waals surface area contributed by atoms with Crippen LogP contribution in [0.5, 0.6) is 11.5 Å². The first-order chi connectivity index (χ1) is 13.5. The summed E-state index contributed by atoms with van der Waals surface area (Å²) in [6, 6.07) is 9.58. The molecular weight excluding hydrogens is 362 g/mol. The summed E-state index contributed by atoms with van der Waals surface area (Å²) in [5.74, 6) is -2.66. The van der Waals surface area contributed by atoms with E-state index in [1.807, 2.05) is 12.1 Å². The fourth-order valence-electron chi connectivity index (χ4n) is 3.47. The van der Waals surface area contributed by atoms with Crippen molar-refractivity contribution >= 4 is 5.97 Å². The molecule has 0 aliphatic heterocycles. The number of hydrogen-bond acceptors (Lipinski definition) is 3. The smallest absolute Gasteiger partial charge is 0.343 e. The summed E-state index contributed by atoms with van der Waals surface area (Å²) >= 11 is 0. The molecule has 0 radical (unpaired) electrons. The van der Waals surface area contributed by atoms with Crippen molar-refractivity contribution in [3.8, 4) is 11.5 Å². The zero-order valence-corrected chi connectivity index (χ0v) is 16.1. The molecule has 0 spiro atoms. The van der Waals surface area contributed by atoms with Crippen LogP contribution in [-0.2, 0) is 0 Å². The van der Waals surface area contributed by atoms with Gasteiger partial charge in [-0.1, -0.05) is 38.0 Å². The third-order valence-electron chi connectivity index (χ3n) is 5.18. The van der Waals surface area contributed by atoms with Crippen molar-refractivity contribution in [2.45, 2.75) is 45.4 Å². The van der Waals surface area contributed by atoms with Crippen molar-refractivity contribution in [3.63, 3.8) is 0 Å². The standard InChI is InChI=1S/C23H24F2O3/c1-3-14-27-19-12-13-20(22(25)21(19)24)28-23(26)18-10-8-17(9-11-18)16-6-4-15(2)5-7-16/h3,8-16H,4-7H2,1-2H3/b14-3+. The summed E-state index contributed by atoms with van der Waals surface area (Å²) in [7, 11) is 0. The highest BCUT2D eigenvalue weighted by Crippen LogP contribution is 2.35. The van der Waals surface area contributed by atoms with Gasteiger partial charge in [0.15, 0.2) is 11.5 Å². The molecule has 28 heavy (non-hydrogen) atoms. The fraction of sp³-hybridized carbons (Fsp3) is 0.348. The normalized spacial score (nSPS) is 19.6. The van der Waals surface area contributed by atoms with Crippen molar-refractivity contribution in [2.24, 2.45) is 5.92 Å². The molecule has 148 valence electrons. The zero-order chi connectivity index (χ0) is 20.1. The van der Waals surface area contributed by atoms with Gasteiger partial charge >= 0.3 is 5.97 Å². The van der Waals surface area contributed by atoms with E-state index < -0.39 is 23.4 Å². The summed E-state index contributed by atoms with van der Waals surface area (Å²) in [6.07, 6.45) is 7.51. The van der Waals surface area contributed by atoms with Crippen LogP contribution in [0.15, 0.2) is 48.7 Å². The highest BCUT2D eigenvalue weighted by Gasteiger charge is 2.21. The predicted octanol–water partition coefficient (Wildman–Crippen LogP) is 6.39. The van der Waals surface area contributed by atoms with Crippen molar-refractivity contribution in [1.29, 1.82) is 0 Å². The quantitative estimate of drug-likeness (QED) is 0.339. The molecule has 0 unspecified atom stereocenters. The number of halogens is 2. The summed E-state index contributed by atoms with van der Waals surface area (Å²) in [4.78, 5) is 12.3. The van der Waals surface area contributed by atoms with Crippen molar-refractivity contribution in [2.75, 3.05) is 0 Å². The molecule has 3 rings (SSSR count). The first-order valence-corrected chi connectivity index (χ1v) is 9.57. The molecule has 0 atom stereocenters. The summed E-state index contributed by atoms with van der Waals surface area (Å²) < 4.78 is 38.1. The maximum Gasteiger partial charge on any atom is 0.343 e. The minimum absolute atomic E-state index is 0.276. The molecule has 2 aromatic carbocycles. The van der Waals surface area contributed by atoms with E-state index in [9.17, 15) is 13.6 Å². The number of ether oxygens (including phenoxy) is 2. The number of rotatable bonds is 5. The molecule has 0 saturated heterocycles. The van der Waals surface area contributed by atoms with Crippen LogP contribution in [-0.4, -0.2) is 5.97 Å². The number of carbonyl (C=O) groups is 1. The Hall–Kier alpha value is -2.69. The Kier molecular flexibility index (Phi) is 6.45. The van der Waals surface area contributed by atoms with Crippen LogP contribution in [0.3, 0.4) is 0 Å². The van der Waals surface area contributed by atoms with E-state index in [-0.39, 0.29) is 5.75 Å². The maximum atomic E-state index is 14.1. The molecule has 3 nitrogen and oxygen atoms in total. The van der Waals surface area contributed by atoms with Gasteiger partial charge in [-0.05, 0) is 61.4 Å². The monoisotopic (exact) mass is 386 g/mol. The Morgan fingerprint density at radius 1 is 0.964 bits per heavy atom. The lowest BCUT2D eigenvalue weighted by atomic mass is 9.79. The van der Waals surface area contributed by atoms with E-state index in [1.165, 1.54) is 36.8 Å². The third kappa shape index (κ3) is 4.58. The van der Waals surface area contributed by atoms with Gasteiger partial charge in [0.2, 0.25) is 11.6 Å². The molecule has 0 aromatic heterocycles. The second kappa shape index (κ2) is 9.00. The summed E-state index contributed by atoms with van der Waals surface area (Å²) in [5, 5.41) is 0. The second-order valence-corrected chi connectivity index (χ2v) is 7.25. The van der Waals surface area contributed by atoms with E-state index >= 15 is 0 Å². The van der Waals surface area contributed by atoms with Crippen molar-refractivity contribution in [1.82, 2.24) is 0 Å². The van der Waals surface area contributed by atoms with Crippen LogP contribution in [0, 0.1) is 17.6 Å². The fourth-order valence-corrected chi connectivity index (χ4v) is 3.47. The molecule has 1 aliphatic rings. The zero-order valence-electron chi connectivity index (χ0n) is 16.1. The van der Waals surface area contributed by atoms with Gasteiger partial charge in [-0.2, -0.15) is 8.78 Å². The average molecular weight is 386 g/mol. The van der Waals surface area contributed by atoms with Crippen molar-refractivity contribution in [3.05, 3.63) is 71.5 Å². The molecule has 1 fully saturated rings. The SMILES string of the molecule is C/C=C/Oc1ccc(OC(=O)c2ccc(C3CCC(C)CC3)cc2)c(F)c1F. The molecule has 0 amide bonds. The largest absolute Gasteiger partial charge is 0.462 e. The van der Waals surface area contributed by atoms with Crippen LogP contribution in [0.1, 0.15) is 61.4 Å². The summed E-state index contributed by atoms with van der Waals surface area (Å²) in [6.45, 7) is 3.96. The lowest BCUT2D eigenvalue weighted by Crippen LogP contribution is -2.12. The summed E-state index contributed by atoms with van der Waals surface area (Å²) in [5.41, 5.74) is 1.49. The van der Waals surface area contributed by atoms with Crippen molar-refractivity contribution < 1.29 is 23.0 Å².